The first-order valence-corrected chi connectivity index (χ1v) is 5.74. The third-order valence-electron chi connectivity index (χ3n) is 2.75. The Morgan fingerprint density at radius 2 is 2.18 bits per heavy atom. The molecule has 1 aromatic heterocycles. The van der Waals surface area contributed by atoms with Crippen molar-refractivity contribution in [1.29, 1.82) is 0 Å². The summed E-state index contributed by atoms with van der Waals surface area (Å²) < 4.78 is 18.3. The van der Waals surface area contributed by atoms with Gasteiger partial charge in [0.15, 0.2) is 0 Å². The van der Waals surface area contributed by atoms with Gasteiger partial charge in [0.05, 0.1) is 6.26 Å². The summed E-state index contributed by atoms with van der Waals surface area (Å²) in [6.45, 7) is 3.50. The van der Waals surface area contributed by atoms with Crippen molar-refractivity contribution in [3.63, 3.8) is 0 Å². The normalized spacial score (nSPS) is 10.7. The van der Waals surface area contributed by atoms with Gasteiger partial charge in [-0.1, -0.05) is 6.07 Å². The molecule has 1 heterocycles. The highest BCUT2D eigenvalue weighted by atomic mass is 19.1. The van der Waals surface area contributed by atoms with Crippen LogP contribution in [0.5, 0.6) is 0 Å². The number of aryl methyl sites for hydroxylation is 1. The molecule has 0 aliphatic heterocycles. The fourth-order valence-corrected chi connectivity index (χ4v) is 1.72. The van der Waals surface area contributed by atoms with E-state index in [0.717, 1.165) is 29.9 Å². The van der Waals surface area contributed by atoms with Gasteiger partial charge >= 0.3 is 0 Å². The van der Waals surface area contributed by atoms with Crippen LogP contribution in [0.2, 0.25) is 0 Å². The summed E-state index contributed by atoms with van der Waals surface area (Å²) in [6.07, 6.45) is 2.52. The molecular formula is C14H16FNO. The molecule has 90 valence electrons. The fourth-order valence-electron chi connectivity index (χ4n) is 1.72. The van der Waals surface area contributed by atoms with Crippen LogP contribution >= 0.6 is 0 Å². The Bertz CT molecular complexity index is 465. The molecule has 0 spiro atoms. The van der Waals surface area contributed by atoms with Crippen molar-refractivity contribution >= 4 is 0 Å². The smallest absolute Gasteiger partial charge is 0.123 e. The Hall–Kier alpha value is -1.61. The number of benzene rings is 1. The van der Waals surface area contributed by atoms with Gasteiger partial charge in [0.2, 0.25) is 0 Å². The molecule has 17 heavy (non-hydrogen) atoms. The Labute approximate surface area is 100 Å². The van der Waals surface area contributed by atoms with Crippen molar-refractivity contribution < 1.29 is 8.81 Å². The van der Waals surface area contributed by atoms with Crippen LogP contribution in [0.1, 0.15) is 16.9 Å². The lowest BCUT2D eigenvalue weighted by atomic mass is 10.1. The quantitative estimate of drug-likeness (QED) is 0.803. The molecule has 1 aromatic carbocycles. The van der Waals surface area contributed by atoms with Crippen LogP contribution in [0.25, 0.3) is 0 Å². The van der Waals surface area contributed by atoms with E-state index < -0.39 is 0 Å². The van der Waals surface area contributed by atoms with Gasteiger partial charge in [0.1, 0.15) is 11.6 Å². The first kappa shape index (κ1) is 11.9. The number of hydrogen-bond acceptors (Lipinski definition) is 2. The van der Waals surface area contributed by atoms with Crippen molar-refractivity contribution in [2.75, 3.05) is 6.54 Å². The number of rotatable bonds is 5. The fraction of sp³-hybridized carbons (Fsp3) is 0.286. The Morgan fingerprint density at radius 1 is 1.29 bits per heavy atom. The first-order chi connectivity index (χ1) is 8.25. The lowest BCUT2D eigenvalue weighted by Gasteiger charge is -2.07. The monoisotopic (exact) mass is 233 g/mol. The minimum Gasteiger partial charge on any atom is -0.469 e. The van der Waals surface area contributed by atoms with E-state index in [4.69, 9.17) is 4.42 Å². The summed E-state index contributed by atoms with van der Waals surface area (Å²) in [6, 6.07) is 8.71. The highest BCUT2D eigenvalue weighted by Crippen LogP contribution is 2.09. The van der Waals surface area contributed by atoms with Crippen molar-refractivity contribution in [2.24, 2.45) is 0 Å². The maximum Gasteiger partial charge on any atom is 0.123 e. The highest BCUT2D eigenvalue weighted by molar-refractivity contribution is 5.26. The number of halogens is 1. The molecule has 0 radical (unpaired) electrons. The van der Waals surface area contributed by atoms with Crippen molar-refractivity contribution in [3.05, 3.63) is 59.3 Å². The number of nitrogens with one attached hydrogen (secondary N) is 1. The van der Waals surface area contributed by atoms with Crippen LogP contribution in [-0.2, 0) is 13.0 Å². The summed E-state index contributed by atoms with van der Waals surface area (Å²) >= 11 is 0. The molecule has 2 aromatic rings. The Balaban J connectivity index is 1.80. The molecular weight excluding hydrogens is 217 g/mol. The molecule has 0 amide bonds. The summed E-state index contributed by atoms with van der Waals surface area (Å²) in [7, 11) is 0. The van der Waals surface area contributed by atoms with E-state index in [0.29, 0.717) is 6.54 Å². The van der Waals surface area contributed by atoms with Crippen molar-refractivity contribution in [2.45, 2.75) is 19.9 Å². The Morgan fingerprint density at radius 3 is 2.94 bits per heavy atom. The van der Waals surface area contributed by atoms with Crippen LogP contribution in [0, 0.1) is 12.7 Å². The molecule has 0 aliphatic rings. The average molecular weight is 233 g/mol. The SMILES string of the molecule is Cc1ccc(F)cc1CNCCc1ccco1. The zero-order chi connectivity index (χ0) is 12.1. The average Bonchev–Trinajstić information content (AvgIpc) is 2.82. The molecule has 0 bridgehead atoms. The predicted octanol–water partition coefficient (Wildman–Crippen LogP) is 3.06. The molecule has 0 aliphatic carbocycles. The van der Waals surface area contributed by atoms with Crippen molar-refractivity contribution in [1.82, 2.24) is 5.32 Å². The van der Waals surface area contributed by atoms with Gasteiger partial charge in [0.25, 0.3) is 0 Å². The largest absolute Gasteiger partial charge is 0.469 e. The first-order valence-electron chi connectivity index (χ1n) is 5.74. The van der Waals surface area contributed by atoms with Crippen LogP contribution in [0.15, 0.2) is 41.0 Å². The third kappa shape index (κ3) is 3.43. The molecule has 1 N–H and O–H groups in total. The molecule has 3 heteroatoms. The number of furan rings is 1. The molecule has 0 saturated heterocycles. The molecule has 2 nitrogen and oxygen atoms in total. The minimum absolute atomic E-state index is 0.182. The van der Waals surface area contributed by atoms with E-state index in [2.05, 4.69) is 5.32 Å². The van der Waals surface area contributed by atoms with E-state index in [1.54, 1.807) is 18.4 Å². The summed E-state index contributed by atoms with van der Waals surface area (Å²) in [4.78, 5) is 0. The van der Waals surface area contributed by atoms with Crippen LogP contribution in [0.3, 0.4) is 0 Å². The molecule has 0 fully saturated rings. The standard InChI is InChI=1S/C14H16FNO/c1-11-4-5-13(15)9-12(11)10-16-7-6-14-3-2-8-17-14/h2-5,8-9,16H,6-7,10H2,1H3. The zero-order valence-corrected chi connectivity index (χ0v) is 9.87. The topological polar surface area (TPSA) is 25.2 Å². The summed E-state index contributed by atoms with van der Waals surface area (Å²) in [5.74, 6) is 0.784. The zero-order valence-electron chi connectivity index (χ0n) is 9.87. The van der Waals surface area contributed by atoms with Crippen molar-refractivity contribution in [3.8, 4) is 0 Å². The van der Waals surface area contributed by atoms with E-state index >= 15 is 0 Å². The lowest BCUT2D eigenvalue weighted by Crippen LogP contribution is -2.17. The van der Waals surface area contributed by atoms with Crippen LogP contribution < -0.4 is 5.32 Å². The molecule has 0 saturated carbocycles. The minimum atomic E-state index is -0.182. The van der Waals surface area contributed by atoms with E-state index in [1.807, 2.05) is 19.1 Å². The third-order valence-corrected chi connectivity index (χ3v) is 2.75. The lowest BCUT2D eigenvalue weighted by molar-refractivity contribution is 0.498. The predicted molar refractivity (Wildman–Crippen MR) is 65.3 cm³/mol. The second-order valence-electron chi connectivity index (χ2n) is 4.08. The van der Waals surface area contributed by atoms with Gasteiger partial charge in [-0.15, -0.1) is 0 Å². The van der Waals surface area contributed by atoms with Crippen LogP contribution in [-0.4, -0.2) is 6.54 Å². The summed E-state index contributed by atoms with van der Waals surface area (Å²) in [5, 5.41) is 3.28. The van der Waals surface area contributed by atoms with E-state index in [9.17, 15) is 4.39 Å². The van der Waals surface area contributed by atoms with Gasteiger partial charge in [0, 0.05) is 19.5 Å². The van der Waals surface area contributed by atoms with Gasteiger partial charge in [-0.05, 0) is 42.3 Å². The van der Waals surface area contributed by atoms with Crippen LogP contribution in [0.4, 0.5) is 4.39 Å². The highest BCUT2D eigenvalue weighted by Gasteiger charge is 2.00. The molecule has 0 unspecified atom stereocenters. The Kier molecular flexibility index (Phi) is 3.94. The second-order valence-corrected chi connectivity index (χ2v) is 4.08. The molecule has 0 atom stereocenters. The van der Waals surface area contributed by atoms with Gasteiger partial charge in [-0.2, -0.15) is 0 Å². The maximum absolute atomic E-state index is 13.0. The summed E-state index contributed by atoms with van der Waals surface area (Å²) in [5.41, 5.74) is 2.11. The molecule has 2 rings (SSSR count). The van der Waals surface area contributed by atoms with E-state index in [-0.39, 0.29) is 5.82 Å². The second kappa shape index (κ2) is 5.64. The van der Waals surface area contributed by atoms with Gasteiger partial charge in [-0.3, -0.25) is 0 Å². The maximum atomic E-state index is 13.0. The number of hydrogen-bond donors (Lipinski definition) is 1. The van der Waals surface area contributed by atoms with Gasteiger partial charge < -0.3 is 9.73 Å². The van der Waals surface area contributed by atoms with E-state index in [1.165, 1.54) is 6.07 Å². The van der Waals surface area contributed by atoms with Gasteiger partial charge in [-0.25, -0.2) is 4.39 Å².